The molecule has 0 aromatic heterocycles. The van der Waals surface area contributed by atoms with Gasteiger partial charge in [-0.15, -0.1) is 0 Å². The van der Waals surface area contributed by atoms with Crippen LogP contribution in [-0.2, 0) is 4.79 Å². The number of carbonyl (C=O) groups is 1. The number of hydrogen-bond acceptors (Lipinski definition) is 4. The number of nitrogens with zero attached hydrogens (tertiary/aromatic N) is 1. The van der Waals surface area contributed by atoms with Crippen molar-refractivity contribution in [2.75, 3.05) is 19.6 Å². The van der Waals surface area contributed by atoms with Gasteiger partial charge < -0.3 is 15.9 Å². The lowest BCUT2D eigenvalue weighted by molar-refractivity contribution is -0.139. The summed E-state index contributed by atoms with van der Waals surface area (Å²) in [7, 11) is 0. The van der Waals surface area contributed by atoms with E-state index in [4.69, 9.17) is 10.8 Å². The first-order valence-electron chi connectivity index (χ1n) is 4.87. The molecule has 1 aliphatic heterocycles. The first kappa shape index (κ1) is 11.4. The summed E-state index contributed by atoms with van der Waals surface area (Å²) < 4.78 is 0. The van der Waals surface area contributed by atoms with Crippen LogP contribution in [0.1, 0.15) is 13.3 Å². The number of aliphatic hydroxyl groups excluding tert-OH is 1. The second-order valence-corrected chi connectivity index (χ2v) is 4.08. The number of carboxylic acids is 1. The van der Waals surface area contributed by atoms with Crippen LogP contribution < -0.4 is 5.73 Å². The Morgan fingerprint density at radius 2 is 2.29 bits per heavy atom. The summed E-state index contributed by atoms with van der Waals surface area (Å²) in [6.45, 7) is 2.96. The van der Waals surface area contributed by atoms with Crippen LogP contribution in [0.15, 0.2) is 0 Å². The van der Waals surface area contributed by atoms with Crippen molar-refractivity contribution in [3.05, 3.63) is 0 Å². The van der Waals surface area contributed by atoms with Crippen molar-refractivity contribution in [1.29, 1.82) is 0 Å². The molecule has 1 rings (SSSR count). The highest BCUT2D eigenvalue weighted by Gasteiger charge is 2.28. The van der Waals surface area contributed by atoms with Crippen LogP contribution >= 0.6 is 0 Å². The van der Waals surface area contributed by atoms with Gasteiger partial charge in [-0.05, 0) is 19.3 Å². The number of rotatable bonds is 3. The van der Waals surface area contributed by atoms with Crippen LogP contribution in [0.4, 0.5) is 0 Å². The topological polar surface area (TPSA) is 86.8 Å². The van der Waals surface area contributed by atoms with Crippen molar-refractivity contribution in [2.45, 2.75) is 25.5 Å². The van der Waals surface area contributed by atoms with Gasteiger partial charge in [-0.3, -0.25) is 9.69 Å². The Balaban J connectivity index is 2.49. The third-order valence-electron chi connectivity index (χ3n) is 2.63. The molecule has 0 saturated carbocycles. The van der Waals surface area contributed by atoms with Crippen LogP contribution in [0.2, 0.25) is 0 Å². The largest absolute Gasteiger partial charge is 0.480 e. The van der Waals surface area contributed by atoms with E-state index in [0.29, 0.717) is 13.1 Å². The Morgan fingerprint density at radius 1 is 1.64 bits per heavy atom. The van der Waals surface area contributed by atoms with E-state index in [0.717, 1.165) is 6.42 Å². The molecular weight excluding hydrogens is 184 g/mol. The van der Waals surface area contributed by atoms with Crippen LogP contribution in [0.25, 0.3) is 0 Å². The molecule has 14 heavy (non-hydrogen) atoms. The Bertz CT molecular complexity index is 208. The minimum atomic E-state index is -0.844. The molecule has 0 radical (unpaired) electrons. The molecule has 1 heterocycles. The lowest BCUT2D eigenvalue weighted by atomic mass is 9.91. The van der Waals surface area contributed by atoms with E-state index in [1.165, 1.54) is 0 Å². The molecule has 4 N–H and O–H groups in total. The molecule has 0 amide bonds. The number of aliphatic carboxylic acids is 1. The maximum atomic E-state index is 10.5. The second-order valence-electron chi connectivity index (χ2n) is 4.08. The minimum absolute atomic E-state index is 0.0108. The monoisotopic (exact) mass is 202 g/mol. The first-order valence-corrected chi connectivity index (χ1v) is 4.87. The van der Waals surface area contributed by atoms with Gasteiger partial charge in [0.2, 0.25) is 0 Å². The Labute approximate surface area is 83.5 Å². The molecule has 0 aromatic carbocycles. The standard InChI is InChI=1S/C9H18N2O3/c1-6(12)7-2-8(10)4-11(3-7)5-9(13)14/h6-8,12H,2-5,10H2,1H3,(H,13,14). The molecule has 1 saturated heterocycles. The summed E-state index contributed by atoms with van der Waals surface area (Å²) >= 11 is 0. The fourth-order valence-corrected chi connectivity index (χ4v) is 1.95. The predicted molar refractivity (Wildman–Crippen MR) is 51.8 cm³/mol. The smallest absolute Gasteiger partial charge is 0.317 e. The molecule has 0 aromatic rings. The van der Waals surface area contributed by atoms with Crippen LogP contribution in [0.5, 0.6) is 0 Å². The van der Waals surface area contributed by atoms with Gasteiger partial charge in [-0.1, -0.05) is 0 Å². The quantitative estimate of drug-likeness (QED) is 0.552. The molecule has 3 unspecified atom stereocenters. The van der Waals surface area contributed by atoms with E-state index in [1.54, 1.807) is 11.8 Å². The van der Waals surface area contributed by atoms with Gasteiger partial charge in [-0.2, -0.15) is 0 Å². The fourth-order valence-electron chi connectivity index (χ4n) is 1.95. The number of aliphatic hydroxyl groups is 1. The Morgan fingerprint density at radius 3 is 2.79 bits per heavy atom. The van der Waals surface area contributed by atoms with Crippen molar-refractivity contribution in [3.63, 3.8) is 0 Å². The highest BCUT2D eigenvalue weighted by atomic mass is 16.4. The molecule has 1 fully saturated rings. The number of carboxylic acid groups (broad SMARTS) is 1. The second kappa shape index (κ2) is 4.72. The molecule has 1 aliphatic rings. The number of piperidine rings is 1. The van der Waals surface area contributed by atoms with Gasteiger partial charge in [0.1, 0.15) is 0 Å². The summed E-state index contributed by atoms with van der Waals surface area (Å²) in [5.41, 5.74) is 5.78. The lowest BCUT2D eigenvalue weighted by Gasteiger charge is -2.36. The van der Waals surface area contributed by atoms with Crippen molar-refractivity contribution < 1.29 is 15.0 Å². The average Bonchev–Trinajstić information content (AvgIpc) is 2.01. The van der Waals surface area contributed by atoms with Crippen molar-refractivity contribution in [3.8, 4) is 0 Å². The number of likely N-dealkylation sites (tertiary alicyclic amines) is 1. The normalized spacial score (nSPS) is 31.4. The van der Waals surface area contributed by atoms with Crippen LogP contribution in [0, 0.1) is 5.92 Å². The summed E-state index contributed by atoms with van der Waals surface area (Å²) in [6.07, 6.45) is 0.353. The van der Waals surface area contributed by atoms with Crippen LogP contribution in [0.3, 0.4) is 0 Å². The zero-order valence-corrected chi connectivity index (χ0v) is 8.39. The molecule has 5 heteroatoms. The highest BCUT2D eigenvalue weighted by molar-refractivity contribution is 5.69. The van der Waals surface area contributed by atoms with Gasteiger partial charge in [0.25, 0.3) is 0 Å². The maximum Gasteiger partial charge on any atom is 0.317 e. The van der Waals surface area contributed by atoms with Crippen LogP contribution in [-0.4, -0.2) is 52.9 Å². The SMILES string of the molecule is CC(O)C1CC(N)CN(CC(=O)O)C1. The zero-order chi connectivity index (χ0) is 10.7. The maximum absolute atomic E-state index is 10.5. The third-order valence-corrected chi connectivity index (χ3v) is 2.63. The average molecular weight is 202 g/mol. The van der Waals surface area contributed by atoms with Gasteiger partial charge in [-0.25, -0.2) is 0 Å². The zero-order valence-electron chi connectivity index (χ0n) is 8.39. The van der Waals surface area contributed by atoms with Crippen molar-refractivity contribution in [1.82, 2.24) is 4.90 Å². The van der Waals surface area contributed by atoms with Gasteiger partial charge >= 0.3 is 5.97 Å². The van der Waals surface area contributed by atoms with E-state index >= 15 is 0 Å². The third kappa shape index (κ3) is 3.25. The molecular formula is C9H18N2O3. The van der Waals surface area contributed by atoms with E-state index in [9.17, 15) is 9.90 Å². The molecule has 5 nitrogen and oxygen atoms in total. The van der Waals surface area contributed by atoms with E-state index < -0.39 is 12.1 Å². The highest BCUT2D eigenvalue weighted by Crippen LogP contribution is 2.18. The number of nitrogens with two attached hydrogens (primary N) is 1. The summed E-state index contributed by atoms with van der Waals surface area (Å²) in [5.74, 6) is -0.749. The van der Waals surface area contributed by atoms with E-state index in [-0.39, 0.29) is 18.5 Å². The first-order chi connectivity index (χ1) is 6.49. The summed E-state index contributed by atoms with van der Waals surface area (Å²) in [5, 5.41) is 18.0. The molecule has 3 atom stereocenters. The van der Waals surface area contributed by atoms with Gasteiger partial charge in [0, 0.05) is 19.1 Å². The predicted octanol–water partition coefficient (Wildman–Crippen LogP) is -0.899. The summed E-state index contributed by atoms with van der Waals surface area (Å²) in [4.78, 5) is 12.3. The number of hydrogen-bond donors (Lipinski definition) is 3. The van der Waals surface area contributed by atoms with Gasteiger partial charge in [0.05, 0.1) is 12.6 Å². The Hall–Kier alpha value is -0.650. The fraction of sp³-hybridized carbons (Fsp3) is 0.889. The molecule has 0 aliphatic carbocycles. The Kier molecular flexibility index (Phi) is 3.86. The van der Waals surface area contributed by atoms with Crippen molar-refractivity contribution in [2.24, 2.45) is 11.7 Å². The van der Waals surface area contributed by atoms with Crippen molar-refractivity contribution >= 4 is 5.97 Å². The molecule has 0 bridgehead atoms. The van der Waals surface area contributed by atoms with Gasteiger partial charge in [0.15, 0.2) is 0 Å². The molecule has 0 spiro atoms. The lowest BCUT2D eigenvalue weighted by Crippen LogP contribution is -2.50. The van der Waals surface area contributed by atoms with E-state index in [2.05, 4.69) is 0 Å². The molecule has 82 valence electrons. The summed E-state index contributed by atoms with van der Waals surface area (Å²) in [6, 6.07) is -0.0253. The van der Waals surface area contributed by atoms with E-state index in [1.807, 2.05) is 0 Å². The minimum Gasteiger partial charge on any atom is -0.480 e.